The maximum absolute atomic E-state index is 5.95. The van der Waals surface area contributed by atoms with Crippen molar-refractivity contribution in [1.29, 1.82) is 0 Å². The molecule has 0 radical (unpaired) electrons. The summed E-state index contributed by atoms with van der Waals surface area (Å²) in [7, 11) is 4.38. The van der Waals surface area contributed by atoms with E-state index < -0.39 is 0 Å². The Morgan fingerprint density at radius 2 is 2.12 bits per heavy atom. The lowest BCUT2D eigenvalue weighted by Gasteiger charge is -2.42. The Kier molecular flexibility index (Phi) is 5.73. The molecule has 3 atom stereocenters. The fourth-order valence-corrected chi connectivity index (χ4v) is 2.72. The minimum absolute atomic E-state index is 0.577. The Morgan fingerprint density at radius 1 is 1.44 bits per heavy atom. The molecule has 96 valence electrons. The van der Waals surface area contributed by atoms with Crippen LogP contribution >= 0.6 is 0 Å². The van der Waals surface area contributed by atoms with Gasteiger partial charge in [0, 0.05) is 25.2 Å². The maximum atomic E-state index is 5.95. The van der Waals surface area contributed by atoms with Gasteiger partial charge in [-0.2, -0.15) is 0 Å². The number of likely N-dealkylation sites (N-methyl/N-ethyl adjacent to an activating group) is 1. The Balaban J connectivity index is 2.56. The van der Waals surface area contributed by atoms with Gasteiger partial charge in [0.2, 0.25) is 0 Å². The van der Waals surface area contributed by atoms with E-state index in [1.165, 1.54) is 32.4 Å². The number of rotatable bonds is 5. The summed E-state index contributed by atoms with van der Waals surface area (Å²) in [4.78, 5) is 4.97. The average Bonchev–Trinajstić information content (AvgIpc) is 2.30. The minimum Gasteiger partial charge on any atom is -0.329 e. The van der Waals surface area contributed by atoms with Gasteiger partial charge in [-0.25, -0.2) is 0 Å². The van der Waals surface area contributed by atoms with Crippen molar-refractivity contribution in [2.24, 2.45) is 11.7 Å². The first-order valence-electron chi connectivity index (χ1n) is 6.70. The van der Waals surface area contributed by atoms with E-state index in [-0.39, 0.29) is 0 Å². The largest absolute Gasteiger partial charge is 0.329 e. The van der Waals surface area contributed by atoms with Crippen molar-refractivity contribution < 1.29 is 0 Å². The van der Waals surface area contributed by atoms with Crippen LogP contribution in [0.3, 0.4) is 0 Å². The van der Waals surface area contributed by atoms with Crippen LogP contribution < -0.4 is 5.73 Å². The molecule has 1 rings (SSSR count). The van der Waals surface area contributed by atoms with Crippen LogP contribution in [-0.2, 0) is 0 Å². The molecule has 1 heterocycles. The molecule has 3 heteroatoms. The summed E-state index contributed by atoms with van der Waals surface area (Å²) in [6.45, 7) is 7.82. The fraction of sp³-hybridized carbons (Fsp3) is 1.00. The van der Waals surface area contributed by atoms with Crippen LogP contribution in [0.5, 0.6) is 0 Å². The number of nitrogens with zero attached hydrogens (tertiary/aromatic N) is 2. The topological polar surface area (TPSA) is 32.5 Å². The van der Waals surface area contributed by atoms with Gasteiger partial charge in [0.25, 0.3) is 0 Å². The van der Waals surface area contributed by atoms with Crippen LogP contribution in [-0.4, -0.2) is 55.6 Å². The second-order valence-electron chi connectivity index (χ2n) is 5.44. The number of piperidine rings is 1. The van der Waals surface area contributed by atoms with Gasteiger partial charge in [0.15, 0.2) is 0 Å². The van der Waals surface area contributed by atoms with Gasteiger partial charge in [-0.15, -0.1) is 0 Å². The Labute approximate surface area is 101 Å². The molecule has 0 aromatic heterocycles. The number of hydrogen-bond donors (Lipinski definition) is 1. The third-order valence-electron chi connectivity index (χ3n) is 4.17. The van der Waals surface area contributed by atoms with Gasteiger partial charge in [-0.3, -0.25) is 4.90 Å². The zero-order chi connectivity index (χ0) is 12.1. The summed E-state index contributed by atoms with van der Waals surface area (Å²) in [5.41, 5.74) is 5.95. The quantitative estimate of drug-likeness (QED) is 0.770. The van der Waals surface area contributed by atoms with E-state index in [0.717, 1.165) is 6.54 Å². The standard InChI is InChI=1S/C13H29N3/c1-5-11(2)13(9-14)16-8-6-7-12(10-16)15(3)4/h11-13H,5-10,14H2,1-4H3. The van der Waals surface area contributed by atoms with Crippen LogP contribution in [0.25, 0.3) is 0 Å². The Bertz CT molecular complexity index is 194. The predicted molar refractivity (Wildman–Crippen MR) is 70.6 cm³/mol. The van der Waals surface area contributed by atoms with Crippen molar-refractivity contribution in [1.82, 2.24) is 9.80 Å². The minimum atomic E-state index is 0.577. The summed E-state index contributed by atoms with van der Waals surface area (Å²) in [5, 5.41) is 0. The van der Waals surface area contributed by atoms with Gasteiger partial charge in [-0.1, -0.05) is 20.3 Å². The smallest absolute Gasteiger partial charge is 0.0244 e. The molecule has 0 aromatic rings. The molecule has 3 unspecified atom stereocenters. The molecule has 0 spiro atoms. The molecule has 1 fully saturated rings. The van der Waals surface area contributed by atoms with Crippen molar-refractivity contribution in [3.63, 3.8) is 0 Å². The van der Waals surface area contributed by atoms with E-state index >= 15 is 0 Å². The molecule has 0 aliphatic carbocycles. The van der Waals surface area contributed by atoms with Crippen molar-refractivity contribution in [2.75, 3.05) is 33.7 Å². The van der Waals surface area contributed by atoms with Crippen LogP contribution in [0.2, 0.25) is 0 Å². The van der Waals surface area contributed by atoms with Crippen molar-refractivity contribution in [2.45, 2.75) is 45.2 Å². The Hall–Kier alpha value is -0.120. The van der Waals surface area contributed by atoms with Crippen molar-refractivity contribution in [3.8, 4) is 0 Å². The van der Waals surface area contributed by atoms with Crippen molar-refractivity contribution in [3.05, 3.63) is 0 Å². The maximum Gasteiger partial charge on any atom is 0.0244 e. The summed E-state index contributed by atoms with van der Waals surface area (Å²) < 4.78 is 0. The molecule has 1 aliphatic rings. The highest BCUT2D eigenvalue weighted by Crippen LogP contribution is 2.20. The molecule has 0 amide bonds. The lowest BCUT2D eigenvalue weighted by molar-refractivity contribution is 0.0748. The molecular weight excluding hydrogens is 198 g/mol. The van der Waals surface area contributed by atoms with E-state index in [0.29, 0.717) is 18.0 Å². The molecular formula is C13H29N3. The zero-order valence-electron chi connectivity index (χ0n) is 11.4. The highest BCUT2D eigenvalue weighted by atomic mass is 15.2. The lowest BCUT2D eigenvalue weighted by atomic mass is 9.94. The Morgan fingerprint density at radius 3 is 2.62 bits per heavy atom. The third kappa shape index (κ3) is 3.44. The summed E-state index contributed by atoms with van der Waals surface area (Å²) >= 11 is 0. The summed E-state index contributed by atoms with van der Waals surface area (Å²) in [6.07, 6.45) is 3.88. The van der Waals surface area contributed by atoms with Crippen LogP contribution in [0.15, 0.2) is 0 Å². The lowest BCUT2D eigenvalue weighted by Crippen LogP contribution is -2.53. The molecule has 3 nitrogen and oxygen atoms in total. The predicted octanol–water partition coefficient (Wildman–Crippen LogP) is 1.39. The number of likely N-dealkylation sites (tertiary alicyclic amines) is 1. The SMILES string of the molecule is CCC(C)C(CN)N1CCCC(N(C)C)C1. The average molecular weight is 227 g/mol. The molecule has 1 aliphatic heterocycles. The highest BCUT2D eigenvalue weighted by molar-refractivity contribution is 4.85. The van der Waals surface area contributed by atoms with Gasteiger partial charge in [0.1, 0.15) is 0 Å². The van der Waals surface area contributed by atoms with Crippen LogP contribution in [0.1, 0.15) is 33.1 Å². The number of hydrogen-bond acceptors (Lipinski definition) is 3. The van der Waals surface area contributed by atoms with Gasteiger partial charge in [0.05, 0.1) is 0 Å². The molecule has 0 saturated carbocycles. The van der Waals surface area contributed by atoms with E-state index in [1.54, 1.807) is 0 Å². The molecule has 2 N–H and O–H groups in total. The van der Waals surface area contributed by atoms with E-state index in [9.17, 15) is 0 Å². The molecule has 0 aromatic carbocycles. The van der Waals surface area contributed by atoms with E-state index in [2.05, 4.69) is 37.7 Å². The van der Waals surface area contributed by atoms with Crippen molar-refractivity contribution >= 4 is 0 Å². The first-order valence-corrected chi connectivity index (χ1v) is 6.70. The molecule has 16 heavy (non-hydrogen) atoms. The van der Waals surface area contributed by atoms with Gasteiger partial charge in [-0.05, 0) is 39.4 Å². The fourth-order valence-electron chi connectivity index (χ4n) is 2.72. The number of nitrogens with two attached hydrogens (primary N) is 1. The van der Waals surface area contributed by atoms with Crippen LogP contribution in [0.4, 0.5) is 0 Å². The summed E-state index contributed by atoms with van der Waals surface area (Å²) in [5.74, 6) is 0.714. The summed E-state index contributed by atoms with van der Waals surface area (Å²) in [6, 6.07) is 1.29. The highest BCUT2D eigenvalue weighted by Gasteiger charge is 2.28. The van der Waals surface area contributed by atoms with Crippen LogP contribution in [0, 0.1) is 5.92 Å². The first-order chi connectivity index (χ1) is 7.60. The second kappa shape index (κ2) is 6.58. The third-order valence-corrected chi connectivity index (χ3v) is 4.17. The van der Waals surface area contributed by atoms with Gasteiger partial charge >= 0.3 is 0 Å². The van der Waals surface area contributed by atoms with E-state index in [4.69, 9.17) is 5.73 Å². The second-order valence-corrected chi connectivity index (χ2v) is 5.44. The zero-order valence-corrected chi connectivity index (χ0v) is 11.4. The van der Waals surface area contributed by atoms with Gasteiger partial charge < -0.3 is 10.6 Å². The first kappa shape index (κ1) is 13.9. The normalized spacial score (nSPS) is 27.0. The monoisotopic (exact) mass is 227 g/mol. The molecule has 0 bridgehead atoms. The molecule has 1 saturated heterocycles. The van der Waals surface area contributed by atoms with E-state index in [1.807, 2.05) is 0 Å².